The molecular weight excluding hydrogens is 232 g/mol. The molecule has 0 saturated heterocycles. The van der Waals surface area contributed by atoms with Crippen LogP contribution in [-0.4, -0.2) is 30.0 Å². The van der Waals surface area contributed by atoms with Gasteiger partial charge < -0.3 is 15.0 Å². The summed E-state index contributed by atoms with van der Waals surface area (Å²) < 4.78 is 4.55. The van der Waals surface area contributed by atoms with E-state index in [9.17, 15) is 9.59 Å². The highest BCUT2D eigenvalue weighted by Crippen LogP contribution is 2.14. The van der Waals surface area contributed by atoms with Gasteiger partial charge in [0.1, 0.15) is 6.04 Å². The third-order valence-corrected chi connectivity index (χ3v) is 2.72. The van der Waals surface area contributed by atoms with E-state index < -0.39 is 12.0 Å². The van der Waals surface area contributed by atoms with E-state index in [1.165, 1.54) is 7.11 Å². The van der Waals surface area contributed by atoms with E-state index in [1.807, 2.05) is 18.3 Å². The Balaban J connectivity index is 2.15. The lowest BCUT2D eigenvalue weighted by Crippen LogP contribution is -2.39. The summed E-state index contributed by atoms with van der Waals surface area (Å²) in [7, 11) is 1.29. The third kappa shape index (κ3) is 2.34. The second-order valence-electron chi connectivity index (χ2n) is 4.00. The molecule has 1 aromatic heterocycles. The topological polar surface area (TPSA) is 71.2 Å². The van der Waals surface area contributed by atoms with E-state index in [-0.39, 0.29) is 5.91 Å². The van der Waals surface area contributed by atoms with Crippen LogP contribution >= 0.6 is 0 Å². The molecule has 2 aromatic rings. The average Bonchev–Trinajstić information content (AvgIpc) is 2.84. The number of nitrogens with one attached hydrogen (secondary N) is 2. The zero-order chi connectivity index (χ0) is 13.1. The van der Waals surface area contributed by atoms with Crippen molar-refractivity contribution in [3.8, 4) is 0 Å². The molecule has 1 aromatic carbocycles. The van der Waals surface area contributed by atoms with Gasteiger partial charge in [-0.2, -0.15) is 0 Å². The minimum absolute atomic E-state index is 0.295. The zero-order valence-corrected chi connectivity index (χ0v) is 10.2. The first kappa shape index (κ1) is 12.2. The van der Waals surface area contributed by atoms with Gasteiger partial charge in [0.25, 0.3) is 5.91 Å². The first-order valence-corrected chi connectivity index (χ1v) is 5.57. The van der Waals surface area contributed by atoms with E-state index >= 15 is 0 Å². The van der Waals surface area contributed by atoms with Gasteiger partial charge in [-0.15, -0.1) is 0 Å². The van der Waals surface area contributed by atoms with Crippen LogP contribution in [0.3, 0.4) is 0 Å². The molecule has 0 unspecified atom stereocenters. The smallest absolute Gasteiger partial charge is 0.328 e. The lowest BCUT2D eigenvalue weighted by atomic mass is 10.1. The molecule has 2 N–H and O–H groups in total. The molecule has 0 bridgehead atoms. The number of benzene rings is 1. The highest BCUT2D eigenvalue weighted by atomic mass is 16.5. The average molecular weight is 246 g/mol. The van der Waals surface area contributed by atoms with E-state index in [4.69, 9.17) is 0 Å². The lowest BCUT2D eigenvalue weighted by Gasteiger charge is -2.11. The summed E-state index contributed by atoms with van der Waals surface area (Å²) in [4.78, 5) is 26.2. The van der Waals surface area contributed by atoms with Gasteiger partial charge in [0, 0.05) is 22.7 Å². The number of aromatic amines is 1. The molecule has 2 rings (SSSR count). The number of rotatable bonds is 3. The number of H-pyrrole nitrogens is 1. The monoisotopic (exact) mass is 246 g/mol. The van der Waals surface area contributed by atoms with Crippen LogP contribution in [0.1, 0.15) is 17.3 Å². The van der Waals surface area contributed by atoms with Crippen LogP contribution in [0.25, 0.3) is 10.9 Å². The number of hydrogen-bond donors (Lipinski definition) is 2. The van der Waals surface area contributed by atoms with Crippen molar-refractivity contribution < 1.29 is 14.3 Å². The first-order valence-electron chi connectivity index (χ1n) is 5.57. The molecule has 1 amide bonds. The molecule has 0 spiro atoms. The quantitative estimate of drug-likeness (QED) is 0.805. The molecule has 0 fully saturated rings. The maximum Gasteiger partial charge on any atom is 0.328 e. The SMILES string of the molecule is COC(=O)[C@H](C)NC(=O)c1ccc2[nH]ccc2c1. The van der Waals surface area contributed by atoms with E-state index in [0.717, 1.165) is 10.9 Å². The summed E-state index contributed by atoms with van der Waals surface area (Å²) in [6.45, 7) is 1.58. The molecule has 94 valence electrons. The summed E-state index contributed by atoms with van der Waals surface area (Å²) in [6.07, 6.45) is 1.81. The van der Waals surface area contributed by atoms with Gasteiger partial charge in [0.15, 0.2) is 0 Å². The molecule has 0 aliphatic rings. The Bertz CT molecular complexity index is 589. The summed E-state index contributed by atoms with van der Waals surface area (Å²) in [5, 5.41) is 3.53. The first-order chi connectivity index (χ1) is 8.61. The summed E-state index contributed by atoms with van der Waals surface area (Å²) in [5.41, 5.74) is 1.48. The number of methoxy groups -OCH3 is 1. The maximum absolute atomic E-state index is 11.9. The molecule has 1 atom stereocenters. The highest BCUT2D eigenvalue weighted by Gasteiger charge is 2.16. The van der Waals surface area contributed by atoms with Crippen molar-refractivity contribution in [2.24, 2.45) is 0 Å². The minimum atomic E-state index is -0.663. The van der Waals surface area contributed by atoms with Gasteiger partial charge in [-0.25, -0.2) is 4.79 Å². The zero-order valence-electron chi connectivity index (χ0n) is 10.2. The number of esters is 1. The fourth-order valence-electron chi connectivity index (χ4n) is 1.71. The van der Waals surface area contributed by atoms with Crippen LogP contribution < -0.4 is 5.32 Å². The van der Waals surface area contributed by atoms with Crippen LogP contribution in [0.5, 0.6) is 0 Å². The van der Waals surface area contributed by atoms with Crippen LogP contribution in [0.4, 0.5) is 0 Å². The molecule has 5 heteroatoms. The Morgan fingerprint density at radius 2 is 2.11 bits per heavy atom. The van der Waals surface area contributed by atoms with Crippen molar-refractivity contribution in [3.63, 3.8) is 0 Å². The third-order valence-electron chi connectivity index (χ3n) is 2.72. The van der Waals surface area contributed by atoms with Crippen LogP contribution in [0, 0.1) is 0 Å². The number of ether oxygens (including phenoxy) is 1. The van der Waals surface area contributed by atoms with Crippen molar-refractivity contribution >= 4 is 22.8 Å². The van der Waals surface area contributed by atoms with Crippen LogP contribution in [0.2, 0.25) is 0 Å². The normalized spacial score (nSPS) is 12.1. The fraction of sp³-hybridized carbons (Fsp3) is 0.231. The number of fused-ring (bicyclic) bond motifs is 1. The molecule has 1 heterocycles. The van der Waals surface area contributed by atoms with Gasteiger partial charge in [0.05, 0.1) is 7.11 Å². The number of carbonyl (C=O) groups excluding carboxylic acids is 2. The van der Waals surface area contributed by atoms with Crippen molar-refractivity contribution in [2.45, 2.75) is 13.0 Å². The van der Waals surface area contributed by atoms with Gasteiger partial charge in [-0.1, -0.05) is 0 Å². The fourth-order valence-corrected chi connectivity index (χ4v) is 1.71. The summed E-state index contributed by atoms with van der Waals surface area (Å²) in [6, 6.07) is 6.52. The minimum Gasteiger partial charge on any atom is -0.467 e. The lowest BCUT2D eigenvalue weighted by molar-refractivity contribution is -0.142. The summed E-state index contributed by atoms with van der Waals surface area (Å²) in [5.74, 6) is -0.762. The van der Waals surface area contributed by atoms with Crippen molar-refractivity contribution in [2.75, 3.05) is 7.11 Å². The van der Waals surface area contributed by atoms with E-state index in [1.54, 1.807) is 19.1 Å². The van der Waals surface area contributed by atoms with Crippen molar-refractivity contribution in [1.82, 2.24) is 10.3 Å². The molecule has 5 nitrogen and oxygen atoms in total. The second-order valence-corrected chi connectivity index (χ2v) is 4.00. The predicted octanol–water partition coefficient (Wildman–Crippen LogP) is 1.46. The second kappa shape index (κ2) is 4.91. The number of hydrogen-bond acceptors (Lipinski definition) is 3. The standard InChI is InChI=1S/C13H14N2O3/c1-8(13(17)18-2)15-12(16)10-3-4-11-9(7-10)5-6-14-11/h3-8,14H,1-2H3,(H,15,16)/t8-/m0/s1. The molecule has 0 aliphatic carbocycles. The number of carbonyl (C=O) groups is 2. The van der Waals surface area contributed by atoms with Gasteiger partial charge >= 0.3 is 5.97 Å². The van der Waals surface area contributed by atoms with Crippen LogP contribution in [0.15, 0.2) is 30.5 Å². The molecule has 0 radical (unpaired) electrons. The Labute approximate surface area is 104 Å². The Morgan fingerprint density at radius 1 is 1.33 bits per heavy atom. The predicted molar refractivity (Wildman–Crippen MR) is 67.2 cm³/mol. The van der Waals surface area contributed by atoms with Gasteiger partial charge in [-0.3, -0.25) is 4.79 Å². The van der Waals surface area contributed by atoms with Crippen LogP contribution in [-0.2, 0) is 9.53 Å². The molecular formula is C13H14N2O3. The Kier molecular flexibility index (Phi) is 3.32. The maximum atomic E-state index is 11.9. The van der Waals surface area contributed by atoms with E-state index in [0.29, 0.717) is 5.56 Å². The number of amides is 1. The highest BCUT2D eigenvalue weighted by molar-refractivity contribution is 5.99. The number of aromatic nitrogens is 1. The summed E-state index contributed by atoms with van der Waals surface area (Å²) >= 11 is 0. The van der Waals surface area contributed by atoms with Crippen molar-refractivity contribution in [3.05, 3.63) is 36.0 Å². The molecule has 0 aliphatic heterocycles. The molecule has 18 heavy (non-hydrogen) atoms. The van der Waals surface area contributed by atoms with Gasteiger partial charge in [0.2, 0.25) is 0 Å². The van der Waals surface area contributed by atoms with Gasteiger partial charge in [-0.05, 0) is 31.2 Å². The Morgan fingerprint density at radius 3 is 2.83 bits per heavy atom. The Hall–Kier alpha value is -2.30. The molecule has 0 saturated carbocycles. The largest absolute Gasteiger partial charge is 0.467 e. The van der Waals surface area contributed by atoms with E-state index in [2.05, 4.69) is 15.0 Å². The van der Waals surface area contributed by atoms with Crippen molar-refractivity contribution in [1.29, 1.82) is 0 Å².